The Morgan fingerprint density at radius 3 is 2.49 bits per heavy atom. The lowest BCUT2D eigenvalue weighted by molar-refractivity contribution is -0.189. The number of aromatic nitrogens is 2. The average Bonchev–Trinajstić information content (AvgIpc) is 2.87. The molecule has 0 radical (unpaired) electrons. The summed E-state index contributed by atoms with van der Waals surface area (Å²) in [5.41, 5.74) is 0.719. The summed E-state index contributed by atoms with van der Waals surface area (Å²) in [4.78, 5) is 31.5. The second-order valence-electron chi connectivity index (χ2n) is 9.32. The van der Waals surface area contributed by atoms with Crippen LogP contribution in [0.3, 0.4) is 0 Å². The van der Waals surface area contributed by atoms with Crippen molar-refractivity contribution in [1.29, 1.82) is 0 Å². The molecule has 1 aromatic heterocycles. The number of rotatable bonds is 8. The minimum atomic E-state index is -5.25. The van der Waals surface area contributed by atoms with E-state index in [0.29, 0.717) is 55.6 Å². The van der Waals surface area contributed by atoms with Gasteiger partial charge in [0, 0.05) is 6.61 Å². The first-order chi connectivity index (χ1) is 18.4. The maximum atomic E-state index is 12.9. The number of ether oxygens (including phenoxy) is 2. The Kier molecular flexibility index (Phi) is 8.60. The van der Waals surface area contributed by atoms with E-state index in [-0.39, 0.29) is 23.4 Å². The first-order valence-electron chi connectivity index (χ1n) is 12.2. The fraction of sp³-hybridized carbons (Fsp3) is 0.423. The quantitative estimate of drug-likeness (QED) is 0.177. The number of hydrogen-bond acceptors (Lipinski definition) is 6. The third-order valence-corrected chi connectivity index (χ3v) is 6.51. The van der Waals surface area contributed by atoms with Gasteiger partial charge in [-0.05, 0) is 67.1 Å². The monoisotopic (exact) mass is 557 g/mol. The van der Waals surface area contributed by atoms with Crippen LogP contribution in [-0.4, -0.2) is 59.4 Å². The van der Waals surface area contributed by atoms with Crippen LogP contribution in [0.1, 0.15) is 24.8 Å². The van der Waals surface area contributed by atoms with E-state index in [2.05, 4.69) is 14.7 Å². The lowest BCUT2D eigenvalue weighted by Crippen LogP contribution is -2.40. The highest BCUT2D eigenvalue weighted by Crippen LogP contribution is 2.33. The number of fused-ring (bicyclic) bond motifs is 1. The molecule has 4 rings (SSSR count). The highest BCUT2D eigenvalue weighted by molar-refractivity contribution is 5.92. The summed E-state index contributed by atoms with van der Waals surface area (Å²) < 4.78 is 86.7. The van der Waals surface area contributed by atoms with E-state index < -0.39 is 36.2 Å². The Labute approximate surface area is 218 Å². The van der Waals surface area contributed by atoms with Crippen LogP contribution >= 0.6 is 0 Å². The van der Waals surface area contributed by atoms with Crippen molar-refractivity contribution in [1.82, 2.24) is 14.9 Å². The molecule has 210 valence electrons. The molecule has 3 aromatic rings. The van der Waals surface area contributed by atoms with Crippen LogP contribution in [0.4, 0.5) is 26.3 Å². The third-order valence-electron chi connectivity index (χ3n) is 6.51. The van der Waals surface area contributed by atoms with Crippen molar-refractivity contribution in [2.45, 2.75) is 38.2 Å². The molecular weight excluding hydrogens is 532 g/mol. The second kappa shape index (κ2) is 11.7. The Balaban J connectivity index is 1.46. The Morgan fingerprint density at radius 2 is 1.79 bits per heavy atom. The predicted octanol–water partition coefficient (Wildman–Crippen LogP) is 5.24. The molecule has 0 unspecified atom stereocenters. The van der Waals surface area contributed by atoms with Crippen molar-refractivity contribution in [2.24, 2.45) is 5.92 Å². The molecule has 7 nitrogen and oxygen atoms in total. The van der Waals surface area contributed by atoms with Gasteiger partial charge in [-0.25, -0.2) is 9.78 Å². The summed E-state index contributed by atoms with van der Waals surface area (Å²) in [7, 11) is 0. The van der Waals surface area contributed by atoms with Gasteiger partial charge in [-0.1, -0.05) is 24.3 Å². The van der Waals surface area contributed by atoms with Crippen molar-refractivity contribution < 1.29 is 40.6 Å². The molecule has 0 spiro atoms. The van der Waals surface area contributed by atoms with Crippen LogP contribution in [0.25, 0.3) is 22.0 Å². The number of hydrogen-bond donors (Lipinski definition) is 1. The molecule has 2 aromatic carbocycles. The molecule has 1 saturated heterocycles. The van der Waals surface area contributed by atoms with Gasteiger partial charge in [-0.3, -0.25) is 9.69 Å². The van der Waals surface area contributed by atoms with E-state index in [1.54, 1.807) is 24.3 Å². The molecular formula is C26H25F6N3O4. The van der Waals surface area contributed by atoms with Gasteiger partial charge in [-0.15, -0.1) is 0 Å². The number of alkyl halides is 6. The number of halogens is 6. The molecule has 1 N–H and O–H groups in total. The number of nitrogens with zero attached hydrogens (tertiary/aromatic N) is 2. The highest BCUT2D eigenvalue weighted by Gasteiger charge is 2.42. The maximum Gasteiger partial charge on any atom is 0.491 e. The number of nitrogens with one attached hydrogen (secondary N) is 1. The normalized spacial score (nSPS) is 15.5. The molecule has 13 heteroatoms. The molecule has 0 atom stereocenters. The van der Waals surface area contributed by atoms with Crippen LogP contribution in [0, 0.1) is 5.92 Å². The van der Waals surface area contributed by atoms with Gasteiger partial charge in [0.25, 0.3) is 5.56 Å². The van der Waals surface area contributed by atoms with Gasteiger partial charge in [0.05, 0.1) is 24.9 Å². The van der Waals surface area contributed by atoms with E-state index in [0.717, 1.165) is 6.33 Å². The SMILES string of the molecule is O=C(Oc1cc(-c2ccccc2COCCC2CCN(CC(F)(F)F)CC2)cc2c(=O)[nH]cnc12)C(F)(F)F. The van der Waals surface area contributed by atoms with Crippen molar-refractivity contribution >= 4 is 16.9 Å². The van der Waals surface area contributed by atoms with Crippen molar-refractivity contribution in [3.8, 4) is 16.9 Å². The Bertz CT molecular complexity index is 1360. The number of H-pyrrole nitrogens is 1. The summed E-state index contributed by atoms with van der Waals surface area (Å²) in [5, 5.41) is -0.0624. The lowest BCUT2D eigenvalue weighted by Gasteiger charge is -2.32. The summed E-state index contributed by atoms with van der Waals surface area (Å²) in [6, 6.07) is 9.55. The summed E-state index contributed by atoms with van der Waals surface area (Å²) >= 11 is 0. The molecule has 39 heavy (non-hydrogen) atoms. The van der Waals surface area contributed by atoms with Crippen molar-refractivity contribution in [3.05, 3.63) is 58.6 Å². The van der Waals surface area contributed by atoms with E-state index in [1.165, 1.54) is 17.0 Å². The molecule has 1 aliphatic rings. The maximum absolute atomic E-state index is 12.9. The molecule has 2 heterocycles. The largest absolute Gasteiger partial charge is 0.491 e. The number of carbonyl (C=O) groups is 1. The van der Waals surface area contributed by atoms with E-state index >= 15 is 0 Å². The van der Waals surface area contributed by atoms with Crippen LogP contribution in [0.5, 0.6) is 5.75 Å². The number of esters is 1. The molecule has 0 amide bonds. The molecule has 0 saturated carbocycles. The number of likely N-dealkylation sites (tertiary alicyclic amines) is 1. The zero-order valence-electron chi connectivity index (χ0n) is 20.6. The standard InChI is InChI=1S/C26H25F6N3O4/c27-25(28,29)14-35-8-5-16(6-9-35)7-10-38-13-17-3-1-2-4-19(17)18-11-20-22(33-15-34-23(20)36)21(12-18)39-24(37)26(30,31)32/h1-4,11-12,15-16H,5-10,13-14H2,(H,33,34,36). The van der Waals surface area contributed by atoms with Crippen molar-refractivity contribution in [2.75, 3.05) is 26.2 Å². The van der Waals surface area contributed by atoms with Gasteiger partial charge in [-0.2, -0.15) is 26.3 Å². The smallest absolute Gasteiger partial charge is 0.418 e. The molecule has 0 aliphatic carbocycles. The van der Waals surface area contributed by atoms with Crippen LogP contribution in [0.15, 0.2) is 47.5 Å². The van der Waals surface area contributed by atoms with Gasteiger partial charge in [0.2, 0.25) is 0 Å². The number of carbonyl (C=O) groups excluding carboxylic acids is 1. The number of aromatic amines is 1. The van der Waals surface area contributed by atoms with Crippen molar-refractivity contribution in [3.63, 3.8) is 0 Å². The van der Waals surface area contributed by atoms with Gasteiger partial charge >= 0.3 is 18.3 Å². The fourth-order valence-corrected chi connectivity index (χ4v) is 4.59. The van der Waals surface area contributed by atoms with Crippen LogP contribution < -0.4 is 10.3 Å². The average molecular weight is 557 g/mol. The first kappa shape index (κ1) is 28.6. The zero-order chi connectivity index (χ0) is 28.2. The molecule has 1 fully saturated rings. The number of piperidine rings is 1. The van der Waals surface area contributed by atoms with Gasteiger partial charge < -0.3 is 14.5 Å². The topological polar surface area (TPSA) is 84.5 Å². The highest BCUT2D eigenvalue weighted by atomic mass is 19.4. The van der Waals surface area contributed by atoms with Gasteiger partial charge in [0.15, 0.2) is 5.75 Å². The minimum Gasteiger partial charge on any atom is -0.418 e. The first-order valence-corrected chi connectivity index (χ1v) is 12.2. The second-order valence-corrected chi connectivity index (χ2v) is 9.32. The summed E-state index contributed by atoms with van der Waals surface area (Å²) in [6.07, 6.45) is -6.48. The lowest BCUT2D eigenvalue weighted by atomic mass is 9.94. The van der Waals surface area contributed by atoms with E-state index in [9.17, 15) is 35.9 Å². The van der Waals surface area contributed by atoms with Gasteiger partial charge in [0.1, 0.15) is 5.52 Å². The summed E-state index contributed by atoms with van der Waals surface area (Å²) in [5.74, 6) is -2.71. The predicted molar refractivity (Wildman–Crippen MR) is 129 cm³/mol. The van der Waals surface area contributed by atoms with Crippen LogP contribution in [-0.2, 0) is 16.1 Å². The Hall–Kier alpha value is -3.45. The summed E-state index contributed by atoms with van der Waals surface area (Å²) in [6.45, 7) is 0.367. The number of benzene rings is 2. The zero-order valence-corrected chi connectivity index (χ0v) is 20.6. The van der Waals surface area contributed by atoms with E-state index in [4.69, 9.17) is 4.74 Å². The van der Waals surface area contributed by atoms with Crippen LogP contribution in [0.2, 0.25) is 0 Å². The van der Waals surface area contributed by atoms with E-state index in [1.807, 2.05) is 0 Å². The fourth-order valence-electron chi connectivity index (χ4n) is 4.59. The molecule has 1 aliphatic heterocycles. The molecule has 0 bridgehead atoms. The minimum absolute atomic E-state index is 0.0624. The third kappa shape index (κ3) is 7.57. The Morgan fingerprint density at radius 1 is 1.08 bits per heavy atom.